The van der Waals surface area contributed by atoms with E-state index in [1.807, 2.05) is 29.6 Å². The predicted octanol–water partition coefficient (Wildman–Crippen LogP) is 3.15. The molecular formula is C16H15N3OS2. The number of hydrogen-bond donors (Lipinski definition) is 1. The van der Waals surface area contributed by atoms with Gasteiger partial charge in [0.1, 0.15) is 11.6 Å². The number of ketones is 1. The lowest BCUT2D eigenvalue weighted by Crippen LogP contribution is -2.20. The maximum Gasteiger partial charge on any atom is 0.200 e. The highest BCUT2D eigenvalue weighted by Gasteiger charge is 2.11. The van der Waals surface area contributed by atoms with Crippen molar-refractivity contribution >= 4 is 28.5 Å². The van der Waals surface area contributed by atoms with E-state index in [1.165, 1.54) is 32.9 Å². The summed E-state index contributed by atoms with van der Waals surface area (Å²) in [6.07, 6.45) is 1.69. The minimum atomic E-state index is 0.00779. The number of rotatable bonds is 6. The molecule has 0 amide bonds. The van der Waals surface area contributed by atoms with Crippen LogP contribution in [0.15, 0.2) is 47.8 Å². The summed E-state index contributed by atoms with van der Waals surface area (Å²) in [6.45, 7) is 0.140. The van der Waals surface area contributed by atoms with E-state index in [0.29, 0.717) is 9.68 Å². The molecule has 0 aliphatic rings. The Balaban J connectivity index is 1.66. The standard InChI is InChI=1S/C16H15N3OS2/c17-16-19(11-13(20)14-7-4-10-21-14)18-15(22-16)9-8-12-5-2-1-3-6-12/h1-7,10,17H,8-9,11H2. The first-order valence-electron chi connectivity index (χ1n) is 6.94. The first-order chi connectivity index (χ1) is 10.7. The van der Waals surface area contributed by atoms with Crippen molar-refractivity contribution in [2.45, 2.75) is 19.4 Å². The molecule has 0 fully saturated rings. The number of nitrogens with zero attached hydrogens (tertiary/aromatic N) is 2. The van der Waals surface area contributed by atoms with E-state index in [9.17, 15) is 4.79 Å². The third kappa shape index (κ3) is 3.58. The first kappa shape index (κ1) is 14.9. The largest absolute Gasteiger partial charge is 0.291 e. The monoisotopic (exact) mass is 329 g/mol. The van der Waals surface area contributed by atoms with E-state index in [-0.39, 0.29) is 12.3 Å². The van der Waals surface area contributed by atoms with Gasteiger partial charge in [0.05, 0.1) is 4.88 Å². The maximum absolute atomic E-state index is 12.1. The zero-order chi connectivity index (χ0) is 15.4. The zero-order valence-electron chi connectivity index (χ0n) is 11.9. The minimum absolute atomic E-state index is 0.00779. The second kappa shape index (κ2) is 6.81. The van der Waals surface area contributed by atoms with Crippen LogP contribution in [-0.2, 0) is 19.4 Å². The van der Waals surface area contributed by atoms with Crippen LogP contribution in [0.1, 0.15) is 20.2 Å². The Labute approximate surface area is 136 Å². The summed E-state index contributed by atoms with van der Waals surface area (Å²) in [4.78, 5) is 13.1. The molecule has 3 aromatic rings. The van der Waals surface area contributed by atoms with Crippen LogP contribution in [0.25, 0.3) is 0 Å². The highest BCUT2D eigenvalue weighted by molar-refractivity contribution is 7.12. The quantitative estimate of drug-likeness (QED) is 0.706. The van der Waals surface area contributed by atoms with Crippen LogP contribution >= 0.6 is 22.7 Å². The van der Waals surface area contributed by atoms with Gasteiger partial charge in [-0.15, -0.1) is 11.3 Å². The van der Waals surface area contributed by atoms with Crippen LogP contribution in [0.5, 0.6) is 0 Å². The number of Topliss-reactive ketones (excluding diaryl/α,β-unsaturated/α-hetero) is 1. The fraction of sp³-hybridized carbons (Fsp3) is 0.188. The van der Waals surface area contributed by atoms with Gasteiger partial charge in [0.25, 0.3) is 0 Å². The van der Waals surface area contributed by atoms with Crippen LogP contribution in [0.3, 0.4) is 0 Å². The smallest absolute Gasteiger partial charge is 0.200 e. The Hall–Kier alpha value is -2.05. The van der Waals surface area contributed by atoms with Crippen LogP contribution in [0.2, 0.25) is 0 Å². The fourth-order valence-corrected chi connectivity index (χ4v) is 3.55. The van der Waals surface area contributed by atoms with E-state index in [2.05, 4.69) is 17.2 Å². The molecule has 1 aromatic carbocycles. The van der Waals surface area contributed by atoms with Crippen molar-refractivity contribution in [1.82, 2.24) is 9.78 Å². The second-order valence-corrected chi connectivity index (χ2v) is 6.85. The summed E-state index contributed by atoms with van der Waals surface area (Å²) in [6, 6.07) is 13.9. The van der Waals surface area contributed by atoms with Crippen molar-refractivity contribution in [3.63, 3.8) is 0 Å². The summed E-state index contributed by atoms with van der Waals surface area (Å²) >= 11 is 2.76. The van der Waals surface area contributed by atoms with Crippen LogP contribution < -0.4 is 4.80 Å². The number of aryl methyl sites for hydroxylation is 2. The van der Waals surface area contributed by atoms with Crippen molar-refractivity contribution in [2.24, 2.45) is 0 Å². The normalized spacial score (nSPS) is 10.7. The van der Waals surface area contributed by atoms with Gasteiger partial charge in [-0.2, -0.15) is 5.10 Å². The molecule has 22 heavy (non-hydrogen) atoms. The molecule has 6 heteroatoms. The maximum atomic E-state index is 12.1. The van der Waals surface area contributed by atoms with E-state index in [4.69, 9.17) is 5.41 Å². The molecule has 0 aliphatic carbocycles. The number of nitrogens with one attached hydrogen (secondary N) is 1. The van der Waals surface area contributed by atoms with Crippen LogP contribution in [0, 0.1) is 5.41 Å². The summed E-state index contributed by atoms with van der Waals surface area (Å²) in [7, 11) is 0. The average molecular weight is 329 g/mol. The van der Waals surface area contributed by atoms with Gasteiger partial charge in [-0.25, -0.2) is 4.68 Å². The third-order valence-corrected chi connectivity index (χ3v) is 5.08. The van der Waals surface area contributed by atoms with Gasteiger partial charge in [0.15, 0.2) is 5.78 Å². The van der Waals surface area contributed by atoms with Crippen molar-refractivity contribution in [3.05, 3.63) is 68.1 Å². The lowest BCUT2D eigenvalue weighted by Gasteiger charge is -1.99. The molecule has 0 saturated carbocycles. The minimum Gasteiger partial charge on any atom is -0.291 e. The highest BCUT2D eigenvalue weighted by atomic mass is 32.1. The van der Waals surface area contributed by atoms with Gasteiger partial charge in [-0.1, -0.05) is 47.7 Å². The van der Waals surface area contributed by atoms with E-state index in [0.717, 1.165) is 17.8 Å². The number of hydrogen-bond acceptors (Lipinski definition) is 5. The molecule has 2 aromatic heterocycles. The molecule has 4 nitrogen and oxygen atoms in total. The number of carbonyl (C=O) groups is 1. The van der Waals surface area contributed by atoms with Gasteiger partial charge < -0.3 is 0 Å². The SMILES string of the molecule is N=c1sc(CCc2ccccc2)nn1CC(=O)c1cccs1. The Morgan fingerprint density at radius 3 is 2.68 bits per heavy atom. The molecule has 0 unspecified atom stereocenters. The van der Waals surface area contributed by atoms with Crippen molar-refractivity contribution in [2.75, 3.05) is 0 Å². The Kier molecular flexibility index (Phi) is 4.60. The van der Waals surface area contributed by atoms with E-state index >= 15 is 0 Å². The second-order valence-electron chi connectivity index (χ2n) is 4.84. The predicted molar refractivity (Wildman–Crippen MR) is 88.5 cm³/mol. The fourth-order valence-electron chi connectivity index (χ4n) is 2.12. The lowest BCUT2D eigenvalue weighted by molar-refractivity contribution is 0.0970. The van der Waals surface area contributed by atoms with Crippen LogP contribution in [0.4, 0.5) is 0 Å². The van der Waals surface area contributed by atoms with Gasteiger partial charge in [-0.05, 0) is 23.4 Å². The molecule has 112 valence electrons. The first-order valence-corrected chi connectivity index (χ1v) is 8.64. The molecule has 1 N–H and O–H groups in total. The van der Waals surface area contributed by atoms with Gasteiger partial charge in [-0.3, -0.25) is 10.2 Å². The Morgan fingerprint density at radius 2 is 1.95 bits per heavy atom. The molecule has 0 aliphatic heterocycles. The highest BCUT2D eigenvalue weighted by Crippen LogP contribution is 2.11. The number of carbonyl (C=O) groups excluding carboxylic acids is 1. The molecular weight excluding hydrogens is 314 g/mol. The van der Waals surface area contributed by atoms with Crippen LogP contribution in [-0.4, -0.2) is 15.6 Å². The molecule has 0 atom stereocenters. The molecule has 0 bridgehead atoms. The third-order valence-electron chi connectivity index (χ3n) is 3.24. The van der Waals surface area contributed by atoms with Gasteiger partial charge in [0, 0.05) is 6.42 Å². The van der Waals surface area contributed by atoms with E-state index < -0.39 is 0 Å². The number of benzene rings is 1. The molecule has 2 heterocycles. The molecule has 0 radical (unpaired) electrons. The molecule has 3 rings (SSSR count). The number of aromatic nitrogens is 2. The summed E-state index contributed by atoms with van der Waals surface area (Å²) in [5.41, 5.74) is 1.26. The van der Waals surface area contributed by atoms with Gasteiger partial charge >= 0.3 is 0 Å². The molecule has 0 spiro atoms. The van der Waals surface area contributed by atoms with Crippen molar-refractivity contribution in [1.29, 1.82) is 5.41 Å². The zero-order valence-corrected chi connectivity index (χ0v) is 13.5. The van der Waals surface area contributed by atoms with Crippen molar-refractivity contribution in [3.8, 4) is 0 Å². The Bertz CT molecular complexity index is 804. The number of thiophene rings is 1. The average Bonchev–Trinajstić information content (AvgIpc) is 3.17. The van der Waals surface area contributed by atoms with E-state index in [1.54, 1.807) is 6.07 Å². The summed E-state index contributed by atoms with van der Waals surface area (Å²) < 4.78 is 1.49. The molecule has 0 saturated heterocycles. The Morgan fingerprint density at radius 1 is 1.14 bits per heavy atom. The summed E-state index contributed by atoms with van der Waals surface area (Å²) in [5, 5.41) is 15.1. The van der Waals surface area contributed by atoms with Crippen molar-refractivity contribution < 1.29 is 4.79 Å². The van der Waals surface area contributed by atoms with Gasteiger partial charge in [0.2, 0.25) is 4.80 Å². The summed E-state index contributed by atoms with van der Waals surface area (Å²) in [5.74, 6) is 0.00779. The topological polar surface area (TPSA) is 58.7 Å². The lowest BCUT2D eigenvalue weighted by atomic mass is 10.1.